The van der Waals surface area contributed by atoms with Gasteiger partial charge >= 0.3 is 7.82 Å². The Labute approximate surface area is 202 Å². The van der Waals surface area contributed by atoms with Crippen LogP contribution in [0.4, 0.5) is 0 Å². The van der Waals surface area contributed by atoms with Gasteiger partial charge in [0.1, 0.15) is 0 Å². The minimum absolute atomic E-state index is 0.285. The molecule has 0 radical (unpaired) electrons. The van der Waals surface area contributed by atoms with Gasteiger partial charge in [-0.15, -0.1) is 0 Å². The summed E-state index contributed by atoms with van der Waals surface area (Å²) >= 11 is 0. The summed E-state index contributed by atoms with van der Waals surface area (Å²) in [6, 6.07) is 0. The van der Waals surface area contributed by atoms with Gasteiger partial charge in [-0.1, -0.05) is 103 Å². The molecule has 0 aromatic carbocycles. The van der Waals surface area contributed by atoms with Crippen molar-refractivity contribution in [2.24, 2.45) is 0 Å². The van der Waals surface area contributed by atoms with Gasteiger partial charge in [-0.3, -0.25) is 0 Å². The number of unbranched alkanes of at least 4 members (excludes halogenated alkanes) is 15. The zero-order valence-corrected chi connectivity index (χ0v) is 22.6. The lowest BCUT2D eigenvalue weighted by molar-refractivity contribution is 0.131. The van der Waals surface area contributed by atoms with Crippen molar-refractivity contribution in [2.75, 3.05) is 5.75 Å². The van der Waals surface area contributed by atoms with Crippen LogP contribution in [0.2, 0.25) is 0 Å². The van der Waals surface area contributed by atoms with Crippen molar-refractivity contribution in [1.82, 2.24) is 0 Å². The number of sulfone groups is 1. The summed E-state index contributed by atoms with van der Waals surface area (Å²) in [4.78, 5) is 21.6. The first-order valence-electron chi connectivity index (χ1n) is 13.2. The van der Waals surface area contributed by atoms with E-state index in [0.717, 1.165) is 32.1 Å². The molecule has 0 spiro atoms. The molecule has 33 heavy (non-hydrogen) atoms. The van der Waals surface area contributed by atoms with Crippen LogP contribution in [0.15, 0.2) is 0 Å². The maximum Gasteiger partial charge on any atom is 0.466 e. The van der Waals surface area contributed by atoms with E-state index in [1.165, 1.54) is 89.9 Å². The summed E-state index contributed by atoms with van der Waals surface area (Å²) in [6.07, 6.45) is 23.3. The molecule has 0 saturated heterocycles. The predicted octanol–water partition coefficient (Wildman–Crippen LogP) is 6.04. The first-order valence-corrected chi connectivity index (χ1v) is 16.5. The largest absolute Gasteiger partial charge is 0.466 e. The Hall–Kier alpha value is 0.0200. The molecule has 0 aromatic rings. The van der Waals surface area contributed by atoms with Gasteiger partial charge in [0.25, 0.3) is 0 Å². The SMILES string of the molecule is CCCCCCCCCCCCCCCCCCS(=O)(=O)C1CCCC(O)C1.O=P(O)(O)O. The van der Waals surface area contributed by atoms with E-state index < -0.39 is 23.8 Å². The molecule has 1 aliphatic rings. The molecule has 1 rings (SSSR count). The van der Waals surface area contributed by atoms with Gasteiger partial charge in [0.2, 0.25) is 0 Å². The molecule has 9 heteroatoms. The van der Waals surface area contributed by atoms with Crippen LogP contribution in [0.25, 0.3) is 0 Å². The van der Waals surface area contributed by atoms with Crippen LogP contribution >= 0.6 is 7.82 Å². The number of hydrogen-bond acceptors (Lipinski definition) is 4. The molecule has 7 nitrogen and oxygen atoms in total. The lowest BCUT2D eigenvalue weighted by Crippen LogP contribution is -2.32. The second-order valence-electron chi connectivity index (χ2n) is 9.63. The molecule has 0 aromatic heterocycles. The molecule has 0 heterocycles. The Morgan fingerprint density at radius 1 is 0.697 bits per heavy atom. The van der Waals surface area contributed by atoms with Gasteiger partial charge in [0.15, 0.2) is 9.84 Å². The lowest BCUT2D eigenvalue weighted by atomic mass is 9.97. The highest BCUT2D eigenvalue weighted by molar-refractivity contribution is 7.92. The number of aliphatic hydroxyl groups is 1. The monoisotopic (exact) mass is 514 g/mol. The predicted molar refractivity (Wildman–Crippen MR) is 136 cm³/mol. The van der Waals surface area contributed by atoms with Gasteiger partial charge in [-0.25, -0.2) is 13.0 Å². The van der Waals surface area contributed by atoms with Crippen LogP contribution < -0.4 is 0 Å². The number of aliphatic hydroxyl groups excluding tert-OH is 1. The van der Waals surface area contributed by atoms with Crippen molar-refractivity contribution in [1.29, 1.82) is 0 Å². The maximum absolute atomic E-state index is 12.4. The third-order valence-electron chi connectivity index (χ3n) is 6.39. The molecule has 0 amide bonds. The van der Waals surface area contributed by atoms with E-state index >= 15 is 0 Å². The van der Waals surface area contributed by atoms with E-state index in [-0.39, 0.29) is 5.25 Å². The van der Waals surface area contributed by atoms with Crippen molar-refractivity contribution in [3.63, 3.8) is 0 Å². The molecule has 1 fully saturated rings. The summed E-state index contributed by atoms with van der Waals surface area (Å²) in [5.74, 6) is 0.322. The van der Waals surface area contributed by atoms with E-state index in [0.29, 0.717) is 12.2 Å². The van der Waals surface area contributed by atoms with Crippen molar-refractivity contribution in [2.45, 2.75) is 147 Å². The minimum Gasteiger partial charge on any atom is -0.393 e. The molecule has 1 aliphatic carbocycles. The first-order chi connectivity index (χ1) is 15.6. The average Bonchev–Trinajstić information content (AvgIpc) is 2.72. The van der Waals surface area contributed by atoms with Crippen LogP contribution in [0, 0.1) is 0 Å². The molecule has 2 atom stereocenters. The Morgan fingerprint density at radius 3 is 1.42 bits per heavy atom. The number of hydrogen-bond donors (Lipinski definition) is 4. The Kier molecular flexibility index (Phi) is 20.2. The van der Waals surface area contributed by atoms with Gasteiger partial charge in [-0.2, -0.15) is 0 Å². The normalized spacial score (nSPS) is 19.2. The Balaban J connectivity index is 0.00000184. The molecule has 200 valence electrons. The average molecular weight is 515 g/mol. The van der Waals surface area contributed by atoms with E-state index in [2.05, 4.69) is 6.92 Å². The third kappa shape index (κ3) is 23.5. The highest BCUT2D eigenvalue weighted by atomic mass is 32.2. The Morgan fingerprint density at radius 2 is 1.06 bits per heavy atom. The molecular formula is C24H51O7PS. The van der Waals surface area contributed by atoms with E-state index in [1.807, 2.05) is 0 Å². The topological polar surface area (TPSA) is 132 Å². The van der Waals surface area contributed by atoms with E-state index in [9.17, 15) is 13.5 Å². The zero-order chi connectivity index (χ0) is 25.0. The fraction of sp³-hybridized carbons (Fsp3) is 1.00. The summed E-state index contributed by atoms with van der Waals surface area (Å²) in [5, 5.41) is 9.41. The van der Waals surface area contributed by atoms with Gasteiger partial charge in [0.05, 0.1) is 17.1 Å². The van der Waals surface area contributed by atoms with E-state index in [1.54, 1.807) is 0 Å². The Bertz CT molecular complexity index is 583. The minimum atomic E-state index is -4.64. The summed E-state index contributed by atoms with van der Waals surface area (Å²) in [5.41, 5.74) is 0. The fourth-order valence-corrected chi connectivity index (χ4v) is 6.45. The van der Waals surface area contributed by atoms with Crippen LogP contribution in [0.1, 0.15) is 135 Å². The smallest absolute Gasteiger partial charge is 0.393 e. The highest BCUT2D eigenvalue weighted by Crippen LogP contribution is 2.26. The van der Waals surface area contributed by atoms with Gasteiger partial charge in [0, 0.05) is 0 Å². The van der Waals surface area contributed by atoms with Crippen molar-refractivity contribution < 1.29 is 32.8 Å². The lowest BCUT2D eigenvalue weighted by Gasteiger charge is -2.25. The number of rotatable bonds is 18. The quantitative estimate of drug-likeness (QED) is 0.129. The second kappa shape index (κ2) is 20.2. The third-order valence-corrected chi connectivity index (χ3v) is 8.69. The second-order valence-corrected chi connectivity index (χ2v) is 13.1. The summed E-state index contributed by atoms with van der Waals surface area (Å²) in [7, 11) is -7.63. The molecule has 0 bridgehead atoms. The zero-order valence-electron chi connectivity index (χ0n) is 20.9. The van der Waals surface area contributed by atoms with Crippen molar-refractivity contribution in [3.05, 3.63) is 0 Å². The van der Waals surface area contributed by atoms with E-state index in [4.69, 9.17) is 19.2 Å². The molecule has 2 unspecified atom stereocenters. The first kappa shape index (κ1) is 33.0. The molecule has 1 saturated carbocycles. The molecular weight excluding hydrogens is 463 g/mol. The molecule has 4 N–H and O–H groups in total. The fourth-order valence-electron chi connectivity index (χ4n) is 4.46. The van der Waals surface area contributed by atoms with Crippen molar-refractivity contribution >= 4 is 17.7 Å². The standard InChI is InChI=1S/C24H48O3S.H3O4P/c1-2-3-4-5-6-7-8-9-10-11-12-13-14-15-16-17-21-28(26,27)24-20-18-19-23(25)22-24;1-5(2,3)4/h23-25H,2-22H2,1H3;(H3,1,2,3,4). The maximum atomic E-state index is 12.4. The van der Waals surface area contributed by atoms with Crippen molar-refractivity contribution in [3.8, 4) is 0 Å². The summed E-state index contributed by atoms with van der Waals surface area (Å²) < 4.78 is 33.6. The van der Waals surface area contributed by atoms with Crippen LogP contribution in [0.3, 0.4) is 0 Å². The van der Waals surface area contributed by atoms with Crippen LogP contribution in [0.5, 0.6) is 0 Å². The highest BCUT2D eigenvalue weighted by Gasteiger charge is 2.30. The number of phosphoric acid groups is 1. The summed E-state index contributed by atoms with van der Waals surface area (Å²) in [6.45, 7) is 2.27. The van der Waals surface area contributed by atoms with Crippen LogP contribution in [-0.2, 0) is 14.4 Å². The van der Waals surface area contributed by atoms with Crippen LogP contribution in [-0.4, -0.2) is 45.3 Å². The molecule has 0 aliphatic heterocycles. The van der Waals surface area contributed by atoms with Gasteiger partial charge < -0.3 is 19.8 Å². The van der Waals surface area contributed by atoms with Gasteiger partial charge in [-0.05, 0) is 32.1 Å².